The molecule has 0 aromatic heterocycles. The molecular formula is C33H59O15P. The molecule has 0 aliphatic heterocycles. The fourth-order valence-electron chi connectivity index (χ4n) is 5.31. The van der Waals surface area contributed by atoms with Crippen molar-refractivity contribution < 1.29 is 73.0 Å². The van der Waals surface area contributed by atoms with Gasteiger partial charge in [-0.3, -0.25) is 23.4 Å². The zero-order valence-corrected chi connectivity index (χ0v) is 29.5. The number of phosphoric acid groups is 1. The molecule has 0 aromatic carbocycles. The highest BCUT2D eigenvalue weighted by atomic mass is 31.2. The monoisotopic (exact) mass is 726 g/mol. The number of phosphoric ester groups is 1. The summed E-state index contributed by atoms with van der Waals surface area (Å²) in [7, 11) is -5.17. The predicted molar refractivity (Wildman–Crippen MR) is 177 cm³/mol. The van der Waals surface area contributed by atoms with E-state index < -0.39 is 81.8 Å². The van der Waals surface area contributed by atoms with Crippen LogP contribution in [-0.2, 0) is 37.5 Å². The van der Waals surface area contributed by atoms with Crippen LogP contribution in [0.2, 0.25) is 0 Å². The Morgan fingerprint density at radius 1 is 0.714 bits per heavy atom. The van der Waals surface area contributed by atoms with Crippen molar-refractivity contribution in [1.29, 1.82) is 0 Å². The minimum Gasteiger partial charge on any atom is -0.462 e. The van der Waals surface area contributed by atoms with E-state index in [1.807, 2.05) is 0 Å². The Morgan fingerprint density at radius 3 is 1.73 bits per heavy atom. The van der Waals surface area contributed by atoms with Crippen LogP contribution in [0.25, 0.3) is 0 Å². The van der Waals surface area contributed by atoms with Crippen LogP contribution in [0.3, 0.4) is 0 Å². The van der Waals surface area contributed by atoms with E-state index in [9.17, 15) is 54.5 Å². The van der Waals surface area contributed by atoms with E-state index in [0.717, 1.165) is 31.8 Å². The van der Waals surface area contributed by atoms with Crippen molar-refractivity contribution in [1.82, 2.24) is 0 Å². The van der Waals surface area contributed by atoms with Gasteiger partial charge in [-0.15, -0.1) is 0 Å². The van der Waals surface area contributed by atoms with Gasteiger partial charge in [0.2, 0.25) is 0 Å². The Labute approximate surface area is 289 Å². The number of allylic oxidation sites excluding steroid dienone is 1. The second-order valence-electron chi connectivity index (χ2n) is 12.6. The first-order valence-corrected chi connectivity index (χ1v) is 19.0. The number of unbranched alkanes of at least 4 members (excludes halogenated alkanes) is 12. The summed E-state index contributed by atoms with van der Waals surface area (Å²) in [4.78, 5) is 45.4. The third-order valence-corrected chi connectivity index (χ3v) is 9.24. The Morgan fingerprint density at radius 2 is 1.20 bits per heavy atom. The van der Waals surface area contributed by atoms with Gasteiger partial charge in [0.25, 0.3) is 0 Å². The SMILES string of the molecule is CCCCCCCCCCCCCCCC(=O)OC[C@H](COP(=O)(O)OC1C(O)C(O)C(O)[C@@H](O)C1O)OC(=O)CCCC(O)/C=C/C=O. The van der Waals surface area contributed by atoms with Gasteiger partial charge < -0.3 is 45.0 Å². The minimum absolute atomic E-state index is 0.112. The maximum atomic E-state index is 12.6. The molecule has 0 radical (unpaired) electrons. The maximum Gasteiger partial charge on any atom is 0.472 e. The van der Waals surface area contributed by atoms with Crippen LogP contribution < -0.4 is 0 Å². The lowest BCUT2D eigenvalue weighted by Crippen LogP contribution is -2.64. The molecule has 16 heteroatoms. The molecule has 1 saturated carbocycles. The molecule has 7 N–H and O–H groups in total. The van der Waals surface area contributed by atoms with Crippen LogP contribution in [0.15, 0.2) is 12.2 Å². The summed E-state index contributed by atoms with van der Waals surface area (Å²) in [6.07, 6.45) is 3.41. The summed E-state index contributed by atoms with van der Waals surface area (Å²) in [5.41, 5.74) is 0. The van der Waals surface area contributed by atoms with Gasteiger partial charge in [0.15, 0.2) is 6.10 Å². The Balaban J connectivity index is 2.56. The molecule has 15 nitrogen and oxygen atoms in total. The number of hydrogen-bond donors (Lipinski definition) is 7. The number of ether oxygens (including phenoxy) is 2. The van der Waals surface area contributed by atoms with Gasteiger partial charge >= 0.3 is 19.8 Å². The molecule has 1 aliphatic rings. The average molecular weight is 727 g/mol. The van der Waals surface area contributed by atoms with Gasteiger partial charge in [-0.25, -0.2) is 4.57 Å². The van der Waals surface area contributed by atoms with Gasteiger partial charge in [0, 0.05) is 12.8 Å². The van der Waals surface area contributed by atoms with Crippen LogP contribution in [-0.4, -0.2) is 116 Å². The van der Waals surface area contributed by atoms with E-state index in [2.05, 4.69) is 6.92 Å². The number of hydrogen-bond acceptors (Lipinski definition) is 14. The number of esters is 2. The first-order valence-electron chi connectivity index (χ1n) is 17.5. The molecule has 0 amide bonds. The lowest BCUT2D eigenvalue weighted by atomic mass is 9.85. The zero-order valence-electron chi connectivity index (χ0n) is 28.6. The Bertz CT molecular complexity index is 979. The Kier molecular flexibility index (Phi) is 24.1. The molecule has 286 valence electrons. The van der Waals surface area contributed by atoms with E-state index in [1.54, 1.807) is 0 Å². The summed E-state index contributed by atoms with van der Waals surface area (Å²) in [5.74, 6) is -1.38. The molecule has 49 heavy (non-hydrogen) atoms. The van der Waals surface area contributed by atoms with E-state index in [-0.39, 0.29) is 25.7 Å². The number of aliphatic hydroxyl groups is 6. The van der Waals surface area contributed by atoms with Crippen molar-refractivity contribution in [3.05, 3.63) is 12.2 Å². The summed E-state index contributed by atoms with van der Waals surface area (Å²) in [6.45, 7) is 0.844. The third kappa shape index (κ3) is 20.0. The van der Waals surface area contributed by atoms with Crippen molar-refractivity contribution >= 4 is 26.0 Å². The number of rotatable bonds is 28. The van der Waals surface area contributed by atoms with E-state index >= 15 is 0 Å². The van der Waals surface area contributed by atoms with Crippen molar-refractivity contribution in [3.8, 4) is 0 Å². The molecule has 0 spiro atoms. The summed E-state index contributed by atoms with van der Waals surface area (Å²) < 4.78 is 32.8. The zero-order chi connectivity index (χ0) is 36.7. The number of aliphatic hydroxyl groups excluding tert-OH is 6. The topological polar surface area (TPSA) is 247 Å². The second kappa shape index (κ2) is 26.1. The molecular weight excluding hydrogens is 667 g/mol. The van der Waals surface area contributed by atoms with Crippen LogP contribution in [0.4, 0.5) is 0 Å². The smallest absolute Gasteiger partial charge is 0.462 e. The molecule has 0 saturated heterocycles. The summed E-state index contributed by atoms with van der Waals surface area (Å²) >= 11 is 0. The van der Waals surface area contributed by atoms with Crippen LogP contribution >= 0.6 is 7.82 Å². The standard InChI is InChI=1S/C33H59O15P/c1-2-3-4-5-6-7-8-9-10-11-12-13-14-19-26(36)45-22-25(47-27(37)20-15-17-24(35)18-16-21-34)23-46-49(43,44)48-33-31(41)29(39)28(38)30(40)32(33)42/h16,18,21,24-25,28-33,35,38-42H,2-15,17,19-20,22-23H2,1H3,(H,43,44)/b18-16+/t24?,25-,28?,29-,30?,31?,32?,33?/m1/s1. The normalized spacial score (nSPS) is 25.1. The largest absolute Gasteiger partial charge is 0.472 e. The second-order valence-corrected chi connectivity index (χ2v) is 14.0. The van der Waals surface area contributed by atoms with Crippen LogP contribution in [0.1, 0.15) is 116 Å². The van der Waals surface area contributed by atoms with Crippen LogP contribution in [0, 0.1) is 0 Å². The van der Waals surface area contributed by atoms with Crippen molar-refractivity contribution in [2.45, 2.75) is 165 Å². The van der Waals surface area contributed by atoms with Crippen LogP contribution in [0.5, 0.6) is 0 Å². The molecule has 0 aromatic rings. The van der Waals surface area contributed by atoms with Gasteiger partial charge in [-0.05, 0) is 25.3 Å². The molecule has 0 bridgehead atoms. The van der Waals surface area contributed by atoms with Gasteiger partial charge in [-0.1, -0.05) is 90.0 Å². The van der Waals surface area contributed by atoms with Crippen molar-refractivity contribution in [3.63, 3.8) is 0 Å². The highest BCUT2D eigenvalue weighted by Crippen LogP contribution is 2.47. The quantitative estimate of drug-likeness (QED) is 0.0201. The van der Waals surface area contributed by atoms with E-state index in [4.69, 9.17) is 18.5 Å². The highest BCUT2D eigenvalue weighted by molar-refractivity contribution is 7.47. The average Bonchev–Trinajstić information content (AvgIpc) is 3.07. The van der Waals surface area contributed by atoms with Gasteiger partial charge in [-0.2, -0.15) is 0 Å². The summed E-state index contributed by atoms with van der Waals surface area (Å²) in [5, 5.41) is 59.4. The fraction of sp³-hybridized carbons (Fsp3) is 0.848. The highest BCUT2D eigenvalue weighted by Gasteiger charge is 2.51. The molecule has 9 atom stereocenters. The first-order chi connectivity index (χ1) is 23.3. The molecule has 1 fully saturated rings. The molecule has 0 heterocycles. The van der Waals surface area contributed by atoms with E-state index in [1.165, 1.54) is 57.4 Å². The Hall–Kier alpha value is -1.78. The number of aldehydes is 1. The first kappa shape index (κ1) is 45.2. The lowest BCUT2D eigenvalue weighted by Gasteiger charge is -2.41. The van der Waals surface area contributed by atoms with Crippen molar-refractivity contribution in [2.24, 2.45) is 0 Å². The number of carbonyl (C=O) groups is 3. The fourth-order valence-corrected chi connectivity index (χ4v) is 6.29. The van der Waals surface area contributed by atoms with Gasteiger partial charge in [0.1, 0.15) is 49.5 Å². The molecule has 1 aliphatic carbocycles. The number of carbonyl (C=O) groups excluding carboxylic acids is 3. The predicted octanol–water partition coefficient (Wildman–Crippen LogP) is 2.53. The molecule has 7 unspecified atom stereocenters. The third-order valence-electron chi connectivity index (χ3n) is 8.26. The minimum atomic E-state index is -5.17. The summed E-state index contributed by atoms with van der Waals surface area (Å²) in [6, 6.07) is 0. The lowest BCUT2D eigenvalue weighted by molar-refractivity contribution is -0.220. The van der Waals surface area contributed by atoms with Gasteiger partial charge in [0.05, 0.1) is 12.7 Å². The van der Waals surface area contributed by atoms with E-state index in [0.29, 0.717) is 12.7 Å². The van der Waals surface area contributed by atoms with Crippen molar-refractivity contribution in [2.75, 3.05) is 13.2 Å². The maximum absolute atomic E-state index is 12.6. The molecule has 1 rings (SSSR count).